The summed E-state index contributed by atoms with van der Waals surface area (Å²) in [6.07, 6.45) is 0.929. The van der Waals surface area contributed by atoms with Gasteiger partial charge in [0.2, 0.25) is 5.91 Å². The van der Waals surface area contributed by atoms with E-state index in [0.29, 0.717) is 37.3 Å². The molecule has 0 heterocycles. The van der Waals surface area contributed by atoms with Gasteiger partial charge in [-0.3, -0.25) is 14.4 Å². The van der Waals surface area contributed by atoms with Crippen LogP contribution >= 0.6 is 0 Å². The largest absolute Gasteiger partial charge is 0.494 e. The normalized spacial score (nSPS) is 11.6. The van der Waals surface area contributed by atoms with Crippen LogP contribution in [0.5, 0.6) is 5.75 Å². The predicted octanol–water partition coefficient (Wildman–Crippen LogP) is 2.28. The fourth-order valence-electron chi connectivity index (χ4n) is 1.96. The maximum atomic E-state index is 11.6. The molecule has 0 radical (unpaired) electrons. The van der Waals surface area contributed by atoms with Crippen molar-refractivity contribution < 1.29 is 24.2 Å². The highest BCUT2D eigenvalue weighted by Gasteiger charge is 2.09. The molecular weight excluding hydrogens is 298 g/mol. The van der Waals surface area contributed by atoms with E-state index in [1.807, 2.05) is 0 Å². The molecule has 0 spiro atoms. The first-order valence-electron chi connectivity index (χ1n) is 7.60. The first kappa shape index (κ1) is 18.7. The van der Waals surface area contributed by atoms with Crippen molar-refractivity contribution in [2.45, 2.75) is 33.1 Å². The molecule has 1 unspecified atom stereocenters. The van der Waals surface area contributed by atoms with Gasteiger partial charge in [-0.25, -0.2) is 0 Å². The number of Topliss-reactive ketones (excluding diaryl/α,β-unsaturated/α-hetero) is 1. The van der Waals surface area contributed by atoms with Crippen LogP contribution in [-0.4, -0.2) is 35.9 Å². The van der Waals surface area contributed by atoms with Crippen molar-refractivity contribution in [3.63, 3.8) is 0 Å². The van der Waals surface area contributed by atoms with Crippen LogP contribution in [0.1, 0.15) is 43.5 Å². The zero-order chi connectivity index (χ0) is 17.2. The highest BCUT2D eigenvalue weighted by atomic mass is 16.5. The molecule has 1 aromatic carbocycles. The molecule has 0 aliphatic heterocycles. The minimum absolute atomic E-state index is 0.00495. The number of carbonyl (C=O) groups is 3. The van der Waals surface area contributed by atoms with E-state index in [0.717, 1.165) is 0 Å². The average Bonchev–Trinajstić information content (AvgIpc) is 2.49. The average molecular weight is 321 g/mol. The van der Waals surface area contributed by atoms with Gasteiger partial charge in [-0.1, -0.05) is 6.92 Å². The van der Waals surface area contributed by atoms with Crippen molar-refractivity contribution >= 4 is 17.7 Å². The summed E-state index contributed by atoms with van der Waals surface area (Å²) in [5.74, 6) is -0.406. The van der Waals surface area contributed by atoms with Gasteiger partial charge in [-0.2, -0.15) is 0 Å². The van der Waals surface area contributed by atoms with Crippen LogP contribution in [-0.2, 0) is 9.59 Å². The molecule has 6 heteroatoms. The molecule has 126 valence electrons. The smallest absolute Gasteiger partial charge is 0.303 e. The van der Waals surface area contributed by atoms with Gasteiger partial charge in [0.25, 0.3) is 0 Å². The van der Waals surface area contributed by atoms with Crippen molar-refractivity contribution in [2.75, 3.05) is 13.2 Å². The number of aliphatic carboxylic acids is 1. The van der Waals surface area contributed by atoms with Crippen LogP contribution in [0.25, 0.3) is 0 Å². The Morgan fingerprint density at radius 3 is 2.43 bits per heavy atom. The number of amides is 1. The Hall–Kier alpha value is -2.37. The van der Waals surface area contributed by atoms with Crippen molar-refractivity contribution in [1.82, 2.24) is 5.32 Å². The van der Waals surface area contributed by atoms with E-state index in [1.165, 1.54) is 6.92 Å². The maximum absolute atomic E-state index is 11.6. The Bertz CT molecular complexity index is 538. The summed E-state index contributed by atoms with van der Waals surface area (Å²) in [6.45, 7) is 4.05. The van der Waals surface area contributed by atoms with E-state index in [1.54, 1.807) is 31.2 Å². The lowest BCUT2D eigenvalue weighted by atomic mass is 10.1. The Balaban J connectivity index is 2.17. The van der Waals surface area contributed by atoms with Crippen molar-refractivity contribution in [3.05, 3.63) is 29.8 Å². The van der Waals surface area contributed by atoms with Gasteiger partial charge < -0.3 is 15.2 Å². The van der Waals surface area contributed by atoms with Crippen LogP contribution in [0, 0.1) is 5.92 Å². The number of hydrogen-bond donors (Lipinski definition) is 2. The number of carboxylic acids is 1. The van der Waals surface area contributed by atoms with Gasteiger partial charge in [-0.05, 0) is 43.5 Å². The van der Waals surface area contributed by atoms with Gasteiger partial charge in [0.1, 0.15) is 5.75 Å². The van der Waals surface area contributed by atoms with Gasteiger partial charge in [0, 0.05) is 24.9 Å². The molecule has 0 saturated carbocycles. The third-order valence-electron chi connectivity index (χ3n) is 3.25. The number of rotatable bonds is 10. The maximum Gasteiger partial charge on any atom is 0.303 e. The highest BCUT2D eigenvalue weighted by molar-refractivity contribution is 5.94. The molecule has 1 rings (SSSR count). The summed E-state index contributed by atoms with van der Waals surface area (Å²) in [5.41, 5.74) is 0.632. The number of ether oxygens (including phenoxy) is 1. The fourth-order valence-corrected chi connectivity index (χ4v) is 1.96. The van der Waals surface area contributed by atoms with Crippen molar-refractivity contribution in [3.8, 4) is 5.75 Å². The Morgan fingerprint density at radius 1 is 1.22 bits per heavy atom. The number of benzene rings is 1. The Morgan fingerprint density at radius 2 is 1.87 bits per heavy atom. The summed E-state index contributed by atoms with van der Waals surface area (Å²) >= 11 is 0. The molecule has 0 aliphatic carbocycles. The standard InChI is InChI=1S/C17H23NO5/c1-12(10-17(21)22)11-18-16(20)4-3-9-23-15-7-5-14(6-8-15)13(2)19/h5-8,12H,3-4,9-11H2,1-2H3,(H,18,20)(H,21,22). The molecule has 2 N–H and O–H groups in total. The summed E-state index contributed by atoms with van der Waals surface area (Å²) in [6, 6.07) is 6.86. The third-order valence-corrected chi connectivity index (χ3v) is 3.25. The van der Waals surface area contributed by atoms with Crippen molar-refractivity contribution in [2.24, 2.45) is 5.92 Å². The highest BCUT2D eigenvalue weighted by Crippen LogP contribution is 2.13. The molecule has 23 heavy (non-hydrogen) atoms. The quantitative estimate of drug-likeness (QED) is 0.509. The Labute approximate surface area is 135 Å². The van der Waals surface area contributed by atoms with E-state index in [4.69, 9.17) is 9.84 Å². The predicted molar refractivity (Wildman–Crippen MR) is 85.6 cm³/mol. The monoisotopic (exact) mass is 321 g/mol. The minimum atomic E-state index is -0.865. The first-order valence-corrected chi connectivity index (χ1v) is 7.60. The minimum Gasteiger partial charge on any atom is -0.494 e. The summed E-state index contributed by atoms with van der Waals surface area (Å²) in [5, 5.41) is 11.3. The molecule has 0 aliphatic rings. The fraction of sp³-hybridized carbons (Fsp3) is 0.471. The second kappa shape index (κ2) is 9.61. The first-order chi connectivity index (χ1) is 10.9. The summed E-state index contributed by atoms with van der Waals surface area (Å²) < 4.78 is 5.50. The molecule has 0 aromatic heterocycles. The molecule has 6 nitrogen and oxygen atoms in total. The number of carboxylic acid groups (broad SMARTS) is 1. The number of nitrogens with one attached hydrogen (secondary N) is 1. The molecular formula is C17H23NO5. The van der Waals surface area contributed by atoms with E-state index in [-0.39, 0.29) is 24.0 Å². The molecule has 0 bridgehead atoms. The van der Waals surface area contributed by atoms with Gasteiger partial charge in [0.15, 0.2) is 5.78 Å². The van der Waals surface area contributed by atoms with Gasteiger partial charge >= 0.3 is 5.97 Å². The van der Waals surface area contributed by atoms with Crippen molar-refractivity contribution in [1.29, 1.82) is 0 Å². The molecule has 1 aromatic rings. The van der Waals surface area contributed by atoms with Gasteiger partial charge in [-0.15, -0.1) is 0 Å². The van der Waals surface area contributed by atoms with Crippen LogP contribution in [0.4, 0.5) is 0 Å². The summed E-state index contributed by atoms with van der Waals surface area (Å²) in [4.78, 5) is 33.3. The zero-order valence-electron chi connectivity index (χ0n) is 13.5. The van der Waals surface area contributed by atoms with E-state index >= 15 is 0 Å². The topological polar surface area (TPSA) is 92.7 Å². The van der Waals surface area contributed by atoms with Gasteiger partial charge in [0.05, 0.1) is 6.61 Å². The Kier molecular flexibility index (Phi) is 7.80. The lowest BCUT2D eigenvalue weighted by molar-refractivity contribution is -0.138. The number of ketones is 1. The molecule has 0 fully saturated rings. The second-order valence-electron chi connectivity index (χ2n) is 5.54. The SMILES string of the molecule is CC(=O)c1ccc(OCCCC(=O)NCC(C)CC(=O)O)cc1. The zero-order valence-corrected chi connectivity index (χ0v) is 13.5. The second-order valence-corrected chi connectivity index (χ2v) is 5.54. The lowest BCUT2D eigenvalue weighted by Gasteiger charge is -2.10. The van der Waals surface area contributed by atoms with Crippen LogP contribution in [0.3, 0.4) is 0 Å². The third kappa shape index (κ3) is 7.99. The van der Waals surface area contributed by atoms with E-state index in [2.05, 4.69) is 5.32 Å². The molecule has 1 atom stereocenters. The summed E-state index contributed by atoms with van der Waals surface area (Å²) in [7, 11) is 0. The van der Waals surface area contributed by atoms with E-state index < -0.39 is 5.97 Å². The van der Waals surface area contributed by atoms with Crippen LogP contribution in [0.15, 0.2) is 24.3 Å². The lowest BCUT2D eigenvalue weighted by Crippen LogP contribution is -2.29. The van der Waals surface area contributed by atoms with Crippen LogP contribution < -0.4 is 10.1 Å². The van der Waals surface area contributed by atoms with Crippen LogP contribution in [0.2, 0.25) is 0 Å². The molecule has 0 saturated heterocycles. The van der Waals surface area contributed by atoms with E-state index in [9.17, 15) is 14.4 Å². The molecule has 1 amide bonds. The number of carbonyl (C=O) groups excluding carboxylic acids is 2. The number of hydrogen-bond acceptors (Lipinski definition) is 4.